The first-order valence-electron chi connectivity index (χ1n) is 7.39. The van der Waals surface area contributed by atoms with Crippen LogP contribution in [0.1, 0.15) is 25.1 Å². The highest BCUT2D eigenvalue weighted by Crippen LogP contribution is 2.35. The molecule has 0 saturated carbocycles. The highest BCUT2D eigenvalue weighted by Gasteiger charge is 2.28. The quantitative estimate of drug-likeness (QED) is 0.877. The Labute approximate surface area is 133 Å². The zero-order valence-corrected chi connectivity index (χ0v) is 13.7. The average molecular weight is 325 g/mol. The number of thioether (sulfide) groups is 2. The molecule has 1 fully saturated rings. The number of fused-ring (bicyclic) bond motifs is 1. The number of halogens is 1. The van der Waals surface area contributed by atoms with Crippen LogP contribution in [0, 0.1) is 5.82 Å². The molecule has 21 heavy (non-hydrogen) atoms. The fourth-order valence-corrected chi connectivity index (χ4v) is 5.45. The third kappa shape index (κ3) is 3.58. The predicted molar refractivity (Wildman–Crippen MR) is 90.8 cm³/mol. The zero-order chi connectivity index (χ0) is 14.7. The maximum absolute atomic E-state index is 13.3. The molecule has 1 N–H and O–H groups in total. The first kappa shape index (κ1) is 15.3. The number of benzene rings is 1. The van der Waals surface area contributed by atoms with Crippen LogP contribution in [0.4, 0.5) is 4.39 Å². The van der Waals surface area contributed by atoms with Gasteiger partial charge in [-0.2, -0.15) is 23.5 Å². The van der Waals surface area contributed by atoms with Gasteiger partial charge in [-0.15, -0.1) is 0 Å². The molecule has 2 heterocycles. The van der Waals surface area contributed by atoms with Gasteiger partial charge >= 0.3 is 0 Å². The van der Waals surface area contributed by atoms with Gasteiger partial charge < -0.3 is 9.73 Å². The summed E-state index contributed by atoms with van der Waals surface area (Å²) in [6.45, 7) is 3.14. The minimum absolute atomic E-state index is 0.207. The Hall–Kier alpha value is -0.650. The summed E-state index contributed by atoms with van der Waals surface area (Å²) in [5.41, 5.74) is 0.767. The van der Waals surface area contributed by atoms with E-state index in [2.05, 4.69) is 12.2 Å². The Kier molecular flexibility index (Phi) is 5.14. The highest BCUT2D eigenvalue weighted by molar-refractivity contribution is 8.06. The van der Waals surface area contributed by atoms with Gasteiger partial charge in [0.15, 0.2) is 0 Å². The fourth-order valence-electron chi connectivity index (χ4n) is 2.60. The van der Waals surface area contributed by atoms with Crippen molar-refractivity contribution in [1.82, 2.24) is 5.32 Å². The van der Waals surface area contributed by atoms with Crippen LogP contribution in [0.2, 0.25) is 0 Å². The van der Waals surface area contributed by atoms with Gasteiger partial charge in [0.1, 0.15) is 17.2 Å². The maximum atomic E-state index is 13.3. The smallest absolute Gasteiger partial charge is 0.134 e. The summed E-state index contributed by atoms with van der Waals surface area (Å²) < 4.78 is 19.3. The fraction of sp³-hybridized carbons (Fsp3) is 0.500. The molecule has 2 unspecified atom stereocenters. The van der Waals surface area contributed by atoms with Crippen molar-refractivity contribution in [3.63, 3.8) is 0 Å². The van der Waals surface area contributed by atoms with Gasteiger partial charge in [0.05, 0.1) is 6.04 Å². The Morgan fingerprint density at radius 3 is 3.05 bits per heavy atom. The minimum Gasteiger partial charge on any atom is -0.459 e. The van der Waals surface area contributed by atoms with Crippen molar-refractivity contribution in [2.45, 2.75) is 24.6 Å². The number of furan rings is 1. The number of nitrogens with one attached hydrogen (secondary N) is 1. The lowest BCUT2D eigenvalue weighted by atomic mass is 10.1. The second-order valence-electron chi connectivity index (χ2n) is 5.25. The van der Waals surface area contributed by atoms with Crippen LogP contribution < -0.4 is 5.32 Å². The summed E-state index contributed by atoms with van der Waals surface area (Å²) in [5, 5.41) is 4.97. The Bertz CT molecular complexity index is 595. The summed E-state index contributed by atoms with van der Waals surface area (Å²) in [6, 6.07) is 6.91. The summed E-state index contributed by atoms with van der Waals surface area (Å²) in [5.74, 6) is 4.28. The molecule has 1 saturated heterocycles. The third-order valence-corrected chi connectivity index (χ3v) is 6.50. The summed E-state index contributed by atoms with van der Waals surface area (Å²) in [6.07, 6.45) is 1.09. The molecular formula is C16H20FNOS2. The zero-order valence-electron chi connectivity index (χ0n) is 12.1. The van der Waals surface area contributed by atoms with Gasteiger partial charge in [-0.3, -0.25) is 0 Å². The van der Waals surface area contributed by atoms with Crippen LogP contribution in [0.3, 0.4) is 0 Å². The van der Waals surface area contributed by atoms with Crippen LogP contribution in [0.5, 0.6) is 0 Å². The first-order chi connectivity index (χ1) is 10.3. The monoisotopic (exact) mass is 325 g/mol. The molecule has 1 aliphatic heterocycles. The molecule has 2 atom stereocenters. The van der Waals surface area contributed by atoms with Crippen molar-refractivity contribution in [3.8, 4) is 0 Å². The molecule has 0 spiro atoms. The molecule has 0 amide bonds. The lowest BCUT2D eigenvalue weighted by Crippen LogP contribution is -2.33. The van der Waals surface area contributed by atoms with E-state index in [1.165, 1.54) is 17.6 Å². The third-order valence-electron chi connectivity index (χ3n) is 3.63. The van der Waals surface area contributed by atoms with E-state index in [1.54, 1.807) is 12.1 Å². The second kappa shape index (κ2) is 7.07. The molecule has 5 heteroatoms. The summed E-state index contributed by atoms with van der Waals surface area (Å²) in [7, 11) is 0. The Morgan fingerprint density at radius 2 is 2.29 bits per heavy atom. The van der Waals surface area contributed by atoms with E-state index in [0.29, 0.717) is 5.25 Å². The highest BCUT2D eigenvalue weighted by atomic mass is 32.2. The van der Waals surface area contributed by atoms with Crippen molar-refractivity contribution in [3.05, 3.63) is 35.8 Å². The molecule has 1 aromatic heterocycles. The van der Waals surface area contributed by atoms with E-state index in [0.717, 1.165) is 35.4 Å². The maximum Gasteiger partial charge on any atom is 0.134 e. The van der Waals surface area contributed by atoms with Crippen LogP contribution in [0.25, 0.3) is 11.0 Å². The first-order valence-corrected chi connectivity index (χ1v) is 9.60. The molecular weight excluding hydrogens is 305 g/mol. The van der Waals surface area contributed by atoms with Gasteiger partial charge in [0.2, 0.25) is 0 Å². The molecule has 1 aliphatic rings. The standard InChI is InChI=1S/C16H20FNOS2/c1-2-5-18-16(15-10-20-6-7-21-15)14-9-11-8-12(17)3-4-13(11)19-14/h3-4,8-9,15-16,18H,2,5-7,10H2,1H3. The van der Waals surface area contributed by atoms with Gasteiger partial charge in [0.25, 0.3) is 0 Å². The van der Waals surface area contributed by atoms with E-state index in [9.17, 15) is 4.39 Å². The largest absolute Gasteiger partial charge is 0.459 e. The van der Waals surface area contributed by atoms with Gasteiger partial charge in [-0.1, -0.05) is 6.92 Å². The molecule has 0 radical (unpaired) electrons. The van der Waals surface area contributed by atoms with E-state index < -0.39 is 0 Å². The minimum atomic E-state index is -0.212. The lowest BCUT2D eigenvalue weighted by molar-refractivity contribution is 0.429. The Balaban J connectivity index is 1.88. The van der Waals surface area contributed by atoms with Crippen LogP contribution in [-0.4, -0.2) is 29.1 Å². The van der Waals surface area contributed by atoms with Gasteiger partial charge in [-0.05, 0) is 37.2 Å². The molecule has 0 bridgehead atoms. The number of hydrogen-bond donors (Lipinski definition) is 1. The summed E-state index contributed by atoms with van der Waals surface area (Å²) >= 11 is 4.02. The molecule has 3 rings (SSSR count). The molecule has 114 valence electrons. The number of rotatable bonds is 5. The molecule has 2 aromatic rings. The van der Waals surface area contributed by atoms with E-state index in [4.69, 9.17) is 4.42 Å². The molecule has 1 aromatic carbocycles. The summed E-state index contributed by atoms with van der Waals surface area (Å²) in [4.78, 5) is 0. The lowest BCUT2D eigenvalue weighted by Gasteiger charge is -2.29. The van der Waals surface area contributed by atoms with Crippen LogP contribution in [-0.2, 0) is 0 Å². The van der Waals surface area contributed by atoms with Crippen molar-refractivity contribution in [2.24, 2.45) is 0 Å². The second-order valence-corrected chi connectivity index (χ2v) is 7.74. The van der Waals surface area contributed by atoms with E-state index >= 15 is 0 Å². The van der Waals surface area contributed by atoms with E-state index in [1.807, 2.05) is 29.6 Å². The topological polar surface area (TPSA) is 25.2 Å². The predicted octanol–water partition coefficient (Wildman–Crippen LogP) is 4.46. The normalized spacial score (nSPS) is 20.8. The number of hydrogen-bond acceptors (Lipinski definition) is 4. The van der Waals surface area contributed by atoms with Crippen molar-refractivity contribution < 1.29 is 8.81 Å². The van der Waals surface area contributed by atoms with Crippen molar-refractivity contribution in [2.75, 3.05) is 23.8 Å². The van der Waals surface area contributed by atoms with Crippen LogP contribution in [0.15, 0.2) is 28.7 Å². The van der Waals surface area contributed by atoms with Gasteiger partial charge in [-0.25, -0.2) is 4.39 Å². The Morgan fingerprint density at radius 1 is 1.38 bits per heavy atom. The molecule has 0 aliphatic carbocycles. The van der Waals surface area contributed by atoms with Crippen molar-refractivity contribution in [1.29, 1.82) is 0 Å². The average Bonchev–Trinajstić information content (AvgIpc) is 2.91. The van der Waals surface area contributed by atoms with Crippen molar-refractivity contribution >= 4 is 34.5 Å². The van der Waals surface area contributed by atoms with Crippen LogP contribution >= 0.6 is 23.5 Å². The van der Waals surface area contributed by atoms with Gasteiger partial charge in [0, 0.05) is 27.9 Å². The SMILES string of the molecule is CCCNC(c1cc2cc(F)ccc2o1)C1CSCCS1. The van der Waals surface area contributed by atoms with E-state index in [-0.39, 0.29) is 11.9 Å². The molecule has 2 nitrogen and oxygen atoms in total.